The van der Waals surface area contributed by atoms with E-state index in [0.717, 1.165) is 16.3 Å². The van der Waals surface area contributed by atoms with Crippen LogP contribution in [-0.4, -0.2) is 47.1 Å². The van der Waals surface area contributed by atoms with Gasteiger partial charge in [0.1, 0.15) is 6.54 Å². The zero-order valence-corrected chi connectivity index (χ0v) is 14.3. The highest BCUT2D eigenvalue weighted by Crippen LogP contribution is 2.24. The first-order valence-corrected chi connectivity index (χ1v) is 8.90. The van der Waals surface area contributed by atoms with Crippen molar-refractivity contribution in [1.82, 2.24) is 9.88 Å². The maximum atomic E-state index is 12.8. The van der Waals surface area contributed by atoms with Gasteiger partial charge in [-0.3, -0.25) is 14.6 Å². The molecule has 3 rings (SSSR count). The van der Waals surface area contributed by atoms with E-state index in [1.54, 1.807) is 40.0 Å². The molecule has 24 heavy (non-hydrogen) atoms. The molecule has 0 atom stereocenters. The number of carbonyl (C=O) groups excluding carboxylic acids is 2. The lowest BCUT2D eigenvalue weighted by atomic mass is 10.1. The summed E-state index contributed by atoms with van der Waals surface area (Å²) in [7, 11) is 0. The topological polar surface area (TPSA) is 53.5 Å². The molecule has 2 amide bonds. The predicted molar refractivity (Wildman–Crippen MR) is 95.3 cm³/mol. The average Bonchev–Trinajstić information content (AvgIpc) is 2.62. The van der Waals surface area contributed by atoms with Crippen LogP contribution in [0.4, 0.5) is 5.69 Å². The van der Waals surface area contributed by atoms with Crippen LogP contribution < -0.4 is 4.90 Å². The van der Waals surface area contributed by atoms with Gasteiger partial charge in [0.15, 0.2) is 0 Å². The zero-order valence-electron chi connectivity index (χ0n) is 13.5. The highest BCUT2D eigenvalue weighted by atomic mass is 32.2. The van der Waals surface area contributed by atoms with E-state index in [1.165, 1.54) is 0 Å². The van der Waals surface area contributed by atoms with Crippen LogP contribution in [0.1, 0.15) is 17.3 Å². The van der Waals surface area contributed by atoms with Gasteiger partial charge in [0, 0.05) is 24.2 Å². The Morgan fingerprint density at radius 3 is 2.75 bits per heavy atom. The van der Waals surface area contributed by atoms with E-state index in [-0.39, 0.29) is 18.4 Å². The third kappa shape index (κ3) is 3.43. The van der Waals surface area contributed by atoms with Gasteiger partial charge in [-0.05, 0) is 30.0 Å². The molecule has 0 spiro atoms. The SMILES string of the molecule is CCSc1ccccc1C(=O)N1CCN(c2cccnc2)C(=O)C1. The Morgan fingerprint density at radius 1 is 1.21 bits per heavy atom. The Bertz CT molecular complexity index is 736. The minimum atomic E-state index is -0.0803. The molecule has 0 unspecified atom stereocenters. The second kappa shape index (κ2) is 7.49. The van der Waals surface area contributed by atoms with Crippen molar-refractivity contribution >= 4 is 29.3 Å². The van der Waals surface area contributed by atoms with Gasteiger partial charge < -0.3 is 9.80 Å². The van der Waals surface area contributed by atoms with Gasteiger partial charge in [0.25, 0.3) is 5.91 Å². The van der Waals surface area contributed by atoms with E-state index in [4.69, 9.17) is 0 Å². The van der Waals surface area contributed by atoms with Crippen molar-refractivity contribution in [3.63, 3.8) is 0 Å². The number of nitrogens with zero attached hydrogens (tertiary/aromatic N) is 3. The first-order chi connectivity index (χ1) is 11.7. The molecule has 0 bridgehead atoms. The summed E-state index contributed by atoms with van der Waals surface area (Å²) in [6.45, 7) is 3.16. The number of hydrogen-bond donors (Lipinski definition) is 0. The summed E-state index contributed by atoms with van der Waals surface area (Å²) in [5.41, 5.74) is 1.45. The van der Waals surface area contributed by atoms with Crippen molar-refractivity contribution in [3.05, 3.63) is 54.4 Å². The molecule has 1 aliphatic rings. The molecule has 1 fully saturated rings. The molecule has 2 aromatic rings. The Balaban J connectivity index is 1.74. The second-order valence-corrected chi connectivity index (χ2v) is 6.72. The number of pyridine rings is 1. The summed E-state index contributed by atoms with van der Waals surface area (Å²) in [6.07, 6.45) is 3.35. The van der Waals surface area contributed by atoms with Gasteiger partial charge >= 0.3 is 0 Å². The molecule has 0 aliphatic carbocycles. The normalized spacial score (nSPS) is 14.8. The summed E-state index contributed by atoms with van der Waals surface area (Å²) in [5.74, 6) is 0.742. The molecule has 6 heteroatoms. The van der Waals surface area contributed by atoms with Gasteiger partial charge in [0.05, 0.1) is 17.4 Å². The Hall–Kier alpha value is -2.34. The Labute approximate surface area is 145 Å². The molecule has 0 saturated carbocycles. The Kier molecular flexibility index (Phi) is 5.15. The van der Waals surface area contributed by atoms with Gasteiger partial charge in [-0.1, -0.05) is 19.1 Å². The van der Waals surface area contributed by atoms with Gasteiger partial charge in [-0.15, -0.1) is 11.8 Å². The number of aromatic nitrogens is 1. The number of hydrogen-bond acceptors (Lipinski definition) is 4. The molecule has 1 aromatic carbocycles. The zero-order chi connectivity index (χ0) is 16.9. The van der Waals surface area contributed by atoms with Crippen molar-refractivity contribution in [2.24, 2.45) is 0 Å². The predicted octanol–water partition coefficient (Wildman–Crippen LogP) is 2.68. The number of piperazine rings is 1. The summed E-state index contributed by atoms with van der Waals surface area (Å²) in [4.78, 5) is 33.6. The number of amides is 2. The highest BCUT2D eigenvalue weighted by Gasteiger charge is 2.29. The molecule has 1 aromatic heterocycles. The minimum absolute atomic E-state index is 0.0780. The van der Waals surface area contributed by atoms with Crippen LogP contribution in [0.3, 0.4) is 0 Å². The highest BCUT2D eigenvalue weighted by molar-refractivity contribution is 7.99. The first-order valence-electron chi connectivity index (χ1n) is 7.92. The number of thioether (sulfide) groups is 1. The molecule has 124 valence electrons. The molecule has 0 N–H and O–H groups in total. The standard InChI is InChI=1S/C18H19N3O2S/c1-2-24-16-8-4-3-7-15(16)18(23)20-10-11-21(17(22)13-20)14-6-5-9-19-12-14/h3-9,12H,2,10-11,13H2,1H3. The summed E-state index contributed by atoms with van der Waals surface area (Å²) in [5, 5.41) is 0. The van der Waals surface area contributed by atoms with Crippen LogP contribution in [0.25, 0.3) is 0 Å². The first kappa shape index (κ1) is 16.5. The van der Waals surface area contributed by atoms with Crippen molar-refractivity contribution in [3.8, 4) is 0 Å². The summed E-state index contributed by atoms with van der Waals surface area (Å²) < 4.78 is 0. The molecule has 0 radical (unpaired) electrons. The van der Waals surface area contributed by atoms with Crippen molar-refractivity contribution < 1.29 is 9.59 Å². The van der Waals surface area contributed by atoms with Crippen LogP contribution in [0.5, 0.6) is 0 Å². The van der Waals surface area contributed by atoms with Crippen LogP contribution in [0.2, 0.25) is 0 Å². The number of carbonyl (C=O) groups is 2. The van der Waals surface area contributed by atoms with E-state index in [1.807, 2.05) is 30.3 Å². The molecule has 1 aliphatic heterocycles. The maximum absolute atomic E-state index is 12.8. The number of anilines is 1. The van der Waals surface area contributed by atoms with E-state index >= 15 is 0 Å². The van der Waals surface area contributed by atoms with Crippen molar-refractivity contribution in [2.45, 2.75) is 11.8 Å². The third-order valence-electron chi connectivity index (χ3n) is 3.88. The minimum Gasteiger partial charge on any atom is -0.327 e. The van der Waals surface area contributed by atoms with Crippen LogP contribution in [0, 0.1) is 0 Å². The Morgan fingerprint density at radius 2 is 2.04 bits per heavy atom. The van der Waals surface area contributed by atoms with E-state index in [2.05, 4.69) is 11.9 Å². The molecule has 5 nitrogen and oxygen atoms in total. The maximum Gasteiger partial charge on any atom is 0.255 e. The summed E-state index contributed by atoms with van der Waals surface area (Å²) in [6, 6.07) is 11.2. The van der Waals surface area contributed by atoms with E-state index < -0.39 is 0 Å². The van der Waals surface area contributed by atoms with Crippen molar-refractivity contribution in [2.75, 3.05) is 30.3 Å². The third-order valence-corrected chi connectivity index (χ3v) is 4.84. The summed E-state index contributed by atoms with van der Waals surface area (Å²) >= 11 is 1.64. The number of rotatable bonds is 4. The van der Waals surface area contributed by atoms with Gasteiger partial charge in [-0.25, -0.2) is 0 Å². The quantitative estimate of drug-likeness (QED) is 0.803. The molecular weight excluding hydrogens is 322 g/mol. The average molecular weight is 341 g/mol. The van der Waals surface area contributed by atoms with Crippen LogP contribution in [-0.2, 0) is 4.79 Å². The fourth-order valence-electron chi connectivity index (χ4n) is 2.73. The molecule has 2 heterocycles. The fourth-order valence-corrected chi connectivity index (χ4v) is 3.52. The van der Waals surface area contributed by atoms with E-state index in [9.17, 15) is 9.59 Å². The largest absolute Gasteiger partial charge is 0.327 e. The van der Waals surface area contributed by atoms with E-state index in [0.29, 0.717) is 18.7 Å². The van der Waals surface area contributed by atoms with Crippen LogP contribution >= 0.6 is 11.8 Å². The molecule has 1 saturated heterocycles. The number of benzene rings is 1. The lowest BCUT2D eigenvalue weighted by Crippen LogP contribution is -2.52. The smallest absolute Gasteiger partial charge is 0.255 e. The lowest BCUT2D eigenvalue weighted by Gasteiger charge is -2.34. The molecular formula is C18H19N3O2S. The second-order valence-electron chi connectivity index (χ2n) is 5.41. The van der Waals surface area contributed by atoms with Crippen LogP contribution in [0.15, 0.2) is 53.7 Å². The van der Waals surface area contributed by atoms with Gasteiger partial charge in [-0.2, -0.15) is 0 Å². The monoisotopic (exact) mass is 341 g/mol. The van der Waals surface area contributed by atoms with Crippen molar-refractivity contribution in [1.29, 1.82) is 0 Å². The fraction of sp³-hybridized carbons (Fsp3) is 0.278. The van der Waals surface area contributed by atoms with Gasteiger partial charge in [0.2, 0.25) is 5.91 Å². The lowest BCUT2D eigenvalue weighted by molar-refractivity contribution is -0.120.